The van der Waals surface area contributed by atoms with Gasteiger partial charge in [0.2, 0.25) is 0 Å². The highest BCUT2D eigenvalue weighted by molar-refractivity contribution is 9.10. The van der Waals surface area contributed by atoms with Crippen LogP contribution in [0.3, 0.4) is 0 Å². The Bertz CT molecular complexity index is 752. The van der Waals surface area contributed by atoms with E-state index >= 15 is 0 Å². The summed E-state index contributed by atoms with van der Waals surface area (Å²) in [6, 6.07) is 12.5. The molecule has 2 nitrogen and oxygen atoms in total. The van der Waals surface area contributed by atoms with Crippen LogP contribution in [0, 0.1) is 0 Å². The summed E-state index contributed by atoms with van der Waals surface area (Å²) in [6.07, 6.45) is 0. The second-order valence-corrected chi connectivity index (χ2v) is 6.72. The SMILES string of the molecule is CNc1cc(Br)ccc1-c1snc2cc(Br)ccc12. The van der Waals surface area contributed by atoms with Crippen LogP contribution in [0.15, 0.2) is 45.3 Å². The van der Waals surface area contributed by atoms with Gasteiger partial charge in [0.05, 0.1) is 10.4 Å². The molecule has 0 amide bonds. The molecule has 96 valence electrons. The number of nitrogens with zero attached hydrogens (tertiary/aromatic N) is 1. The highest BCUT2D eigenvalue weighted by Crippen LogP contribution is 2.38. The molecule has 0 radical (unpaired) electrons. The lowest BCUT2D eigenvalue weighted by molar-refractivity contribution is 1.50. The van der Waals surface area contributed by atoms with Gasteiger partial charge in [0.1, 0.15) is 0 Å². The van der Waals surface area contributed by atoms with Gasteiger partial charge in [0.15, 0.2) is 0 Å². The van der Waals surface area contributed by atoms with Crippen LogP contribution in [0.25, 0.3) is 21.3 Å². The number of halogens is 2. The molecule has 3 aromatic rings. The van der Waals surface area contributed by atoms with Crippen molar-refractivity contribution in [2.75, 3.05) is 12.4 Å². The Morgan fingerprint density at radius 1 is 1.05 bits per heavy atom. The van der Waals surface area contributed by atoms with E-state index in [0.717, 1.165) is 20.1 Å². The predicted molar refractivity (Wildman–Crippen MR) is 90.0 cm³/mol. The Balaban J connectivity index is 2.24. The Hall–Kier alpha value is -0.910. The standard InChI is InChI=1S/C14H10Br2N2S/c1-17-12-6-8(15)2-4-10(12)14-11-5-3-9(16)7-13(11)18-19-14/h2-7,17H,1H3. The molecule has 0 aliphatic carbocycles. The van der Waals surface area contributed by atoms with E-state index in [0.29, 0.717) is 0 Å². The zero-order chi connectivity index (χ0) is 13.4. The van der Waals surface area contributed by atoms with E-state index < -0.39 is 0 Å². The van der Waals surface area contributed by atoms with Crippen molar-refractivity contribution in [1.82, 2.24) is 4.37 Å². The van der Waals surface area contributed by atoms with Gasteiger partial charge in [-0.15, -0.1) is 0 Å². The summed E-state index contributed by atoms with van der Waals surface area (Å²) in [7, 11) is 1.94. The van der Waals surface area contributed by atoms with Crippen LogP contribution in [0.5, 0.6) is 0 Å². The fourth-order valence-electron chi connectivity index (χ4n) is 2.03. The Kier molecular flexibility index (Phi) is 3.60. The molecule has 3 rings (SSSR count). The number of nitrogens with one attached hydrogen (secondary N) is 1. The van der Waals surface area contributed by atoms with E-state index in [4.69, 9.17) is 0 Å². The summed E-state index contributed by atoms with van der Waals surface area (Å²) < 4.78 is 6.65. The molecule has 1 heterocycles. The van der Waals surface area contributed by atoms with Gasteiger partial charge in [0.25, 0.3) is 0 Å². The van der Waals surface area contributed by atoms with E-state index in [2.05, 4.69) is 71.9 Å². The number of anilines is 1. The van der Waals surface area contributed by atoms with Crippen molar-refractivity contribution in [3.05, 3.63) is 45.3 Å². The van der Waals surface area contributed by atoms with Crippen LogP contribution in [0.4, 0.5) is 5.69 Å². The van der Waals surface area contributed by atoms with Gasteiger partial charge in [-0.3, -0.25) is 0 Å². The first-order chi connectivity index (χ1) is 9.19. The molecule has 0 saturated carbocycles. The maximum Gasteiger partial charge on any atom is 0.0858 e. The van der Waals surface area contributed by atoms with Crippen molar-refractivity contribution in [3.8, 4) is 10.4 Å². The maximum atomic E-state index is 4.53. The topological polar surface area (TPSA) is 24.9 Å². The van der Waals surface area contributed by atoms with E-state index in [1.165, 1.54) is 27.4 Å². The van der Waals surface area contributed by atoms with Gasteiger partial charge < -0.3 is 5.32 Å². The van der Waals surface area contributed by atoms with E-state index in [9.17, 15) is 0 Å². The summed E-state index contributed by atoms with van der Waals surface area (Å²) in [6.45, 7) is 0. The molecule has 5 heteroatoms. The fourth-order valence-corrected chi connectivity index (χ4v) is 3.63. The van der Waals surface area contributed by atoms with Crippen LogP contribution in [-0.2, 0) is 0 Å². The predicted octanol–water partition coefficient (Wildman–Crippen LogP) is 5.53. The lowest BCUT2D eigenvalue weighted by atomic mass is 10.1. The zero-order valence-electron chi connectivity index (χ0n) is 10.1. The van der Waals surface area contributed by atoms with Crippen molar-refractivity contribution in [2.24, 2.45) is 0 Å². The van der Waals surface area contributed by atoms with Crippen molar-refractivity contribution >= 4 is 60.0 Å². The molecule has 0 fully saturated rings. The molecule has 2 aromatic carbocycles. The minimum Gasteiger partial charge on any atom is -0.388 e. The Morgan fingerprint density at radius 2 is 1.79 bits per heavy atom. The van der Waals surface area contributed by atoms with E-state index in [1.54, 1.807) is 0 Å². The number of hydrogen-bond donors (Lipinski definition) is 1. The van der Waals surface area contributed by atoms with Crippen LogP contribution >= 0.6 is 43.4 Å². The second-order valence-electron chi connectivity index (χ2n) is 4.11. The van der Waals surface area contributed by atoms with Gasteiger partial charge >= 0.3 is 0 Å². The number of rotatable bonds is 2. The first-order valence-corrected chi connectivity index (χ1v) is 8.07. The van der Waals surface area contributed by atoms with Gasteiger partial charge in [-0.05, 0) is 35.8 Å². The minimum atomic E-state index is 1.03. The van der Waals surface area contributed by atoms with Crippen LogP contribution in [0.1, 0.15) is 0 Å². The highest BCUT2D eigenvalue weighted by atomic mass is 79.9. The minimum absolute atomic E-state index is 1.03. The number of hydrogen-bond acceptors (Lipinski definition) is 3. The normalized spacial score (nSPS) is 10.9. The molecule has 1 N–H and O–H groups in total. The molecule has 0 aliphatic heterocycles. The maximum absolute atomic E-state index is 4.53. The molecular formula is C14H10Br2N2S. The van der Waals surface area contributed by atoms with Crippen molar-refractivity contribution in [1.29, 1.82) is 0 Å². The smallest absolute Gasteiger partial charge is 0.0858 e. The number of benzene rings is 2. The molecule has 0 atom stereocenters. The summed E-state index contributed by atoms with van der Waals surface area (Å²) in [5.41, 5.74) is 3.31. The van der Waals surface area contributed by atoms with Crippen molar-refractivity contribution < 1.29 is 0 Å². The summed E-state index contributed by atoms with van der Waals surface area (Å²) in [5, 5.41) is 4.43. The Labute approximate surface area is 132 Å². The van der Waals surface area contributed by atoms with Gasteiger partial charge in [-0.2, -0.15) is 4.37 Å². The molecule has 0 unspecified atom stereocenters. The van der Waals surface area contributed by atoms with Gasteiger partial charge in [-0.25, -0.2) is 0 Å². The third-order valence-corrected chi connectivity index (χ3v) is 4.83. The number of fused-ring (bicyclic) bond motifs is 1. The summed E-state index contributed by atoms with van der Waals surface area (Å²) in [5.74, 6) is 0. The number of aromatic nitrogens is 1. The second kappa shape index (κ2) is 5.23. The average molecular weight is 398 g/mol. The molecule has 1 aromatic heterocycles. The van der Waals surface area contributed by atoms with Crippen molar-refractivity contribution in [2.45, 2.75) is 0 Å². The summed E-state index contributed by atoms with van der Waals surface area (Å²) in [4.78, 5) is 1.19. The average Bonchev–Trinajstić information content (AvgIpc) is 2.81. The zero-order valence-corrected chi connectivity index (χ0v) is 14.1. The molecular weight excluding hydrogens is 388 g/mol. The molecule has 0 bridgehead atoms. The lowest BCUT2D eigenvalue weighted by Crippen LogP contribution is -1.91. The molecule has 19 heavy (non-hydrogen) atoms. The monoisotopic (exact) mass is 396 g/mol. The fraction of sp³-hybridized carbons (Fsp3) is 0.0714. The van der Waals surface area contributed by atoms with Crippen molar-refractivity contribution in [3.63, 3.8) is 0 Å². The molecule has 0 spiro atoms. The van der Waals surface area contributed by atoms with Crippen LogP contribution in [-0.4, -0.2) is 11.4 Å². The van der Waals surface area contributed by atoms with Gasteiger partial charge in [0, 0.05) is 32.6 Å². The van der Waals surface area contributed by atoms with E-state index in [1.807, 2.05) is 13.1 Å². The Morgan fingerprint density at radius 3 is 2.58 bits per heavy atom. The van der Waals surface area contributed by atoms with Crippen LogP contribution in [0.2, 0.25) is 0 Å². The highest BCUT2D eigenvalue weighted by Gasteiger charge is 2.12. The van der Waals surface area contributed by atoms with Crippen LogP contribution < -0.4 is 5.32 Å². The molecule has 0 saturated heterocycles. The first-order valence-electron chi connectivity index (χ1n) is 5.71. The summed E-state index contributed by atoms with van der Waals surface area (Å²) >= 11 is 8.52. The first kappa shape index (κ1) is 13.1. The molecule has 0 aliphatic rings. The largest absolute Gasteiger partial charge is 0.388 e. The lowest BCUT2D eigenvalue weighted by Gasteiger charge is -2.08. The third-order valence-electron chi connectivity index (χ3n) is 2.94. The van der Waals surface area contributed by atoms with E-state index in [-0.39, 0.29) is 0 Å². The quantitative estimate of drug-likeness (QED) is 0.614. The van der Waals surface area contributed by atoms with Gasteiger partial charge in [-0.1, -0.05) is 44.0 Å². The third kappa shape index (κ3) is 2.42.